The molecule has 0 aliphatic heterocycles. The molecule has 0 atom stereocenters. The Morgan fingerprint density at radius 3 is 2.56 bits per heavy atom. The predicted octanol–water partition coefficient (Wildman–Crippen LogP) is 2.28. The lowest BCUT2D eigenvalue weighted by Crippen LogP contribution is -2.06. The van der Waals surface area contributed by atoms with Crippen molar-refractivity contribution >= 4 is 23.3 Å². The van der Waals surface area contributed by atoms with Crippen molar-refractivity contribution in [3.05, 3.63) is 32.6 Å². The van der Waals surface area contributed by atoms with Gasteiger partial charge in [0.15, 0.2) is 10.7 Å². The molecule has 86 valence electrons. The van der Waals surface area contributed by atoms with Crippen LogP contribution in [0.1, 0.15) is 22.5 Å². The maximum Gasteiger partial charge on any atom is 0.356 e. The molecule has 16 heavy (non-hydrogen) atoms. The van der Waals surface area contributed by atoms with E-state index in [0.717, 1.165) is 0 Å². The Balaban J connectivity index is 3.54. The van der Waals surface area contributed by atoms with Gasteiger partial charge in [-0.1, -0.05) is 11.6 Å². The molecule has 1 heterocycles. The number of carboxylic acid groups (broad SMARTS) is 1. The van der Waals surface area contributed by atoms with Crippen molar-refractivity contribution in [3.63, 3.8) is 0 Å². The molecule has 1 rings (SSSR count). The fourth-order valence-corrected chi connectivity index (χ4v) is 1.29. The van der Waals surface area contributed by atoms with E-state index in [-0.39, 0.29) is 0 Å². The van der Waals surface area contributed by atoms with Crippen LogP contribution in [0, 0.1) is 10.1 Å². The van der Waals surface area contributed by atoms with Gasteiger partial charge >= 0.3 is 11.7 Å². The maximum atomic E-state index is 12.4. The lowest BCUT2D eigenvalue weighted by atomic mass is 10.2. The second kappa shape index (κ2) is 4.35. The number of pyridine rings is 1. The van der Waals surface area contributed by atoms with Gasteiger partial charge in [-0.3, -0.25) is 10.1 Å². The molecule has 0 aliphatic carbocycles. The molecular formula is C7H3ClF2N2O4. The topological polar surface area (TPSA) is 93.3 Å². The summed E-state index contributed by atoms with van der Waals surface area (Å²) in [7, 11) is 0. The van der Waals surface area contributed by atoms with Crippen LogP contribution in [0.5, 0.6) is 0 Å². The first-order chi connectivity index (χ1) is 7.36. The minimum Gasteiger partial charge on any atom is -0.476 e. The van der Waals surface area contributed by atoms with Gasteiger partial charge in [-0.15, -0.1) is 0 Å². The van der Waals surface area contributed by atoms with Gasteiger partial charge in [-0.25, -0.2) is 18.6 Å². The van der Waals surface area contributed by atoms with Crippen molar-refractivity contribution in [2.45, 2.75) is 6.43 Å². The van der Waals surface area contributed by atoms with Crippen molar-refractivity contribution < 1.29 is 23.6 Å². The van der Waals surface area contributed by atoms with Crippen LogP contribution in [0.3, 0.4) is 0 Å². The summed E-state index contributed by atoms with van der Waals surface area (Å²) < 4.78 is 24.7. The van der Waals surface area contributed by atoms with E-state index in [1.165, 1.54) is 0 Å². The molecule has 6 nitrogen and oxygen atoms in total. The molecule has 1 aromatic heterocycles. The van der Waals surface area contributed by atoms with E-state index < -0.39 is 39.3 Å². The number of hydrogen-bond acceptors (Lipinski definition) is 4. The summed E-state index contributed by atoms with van der Waals surface area (Å²) >= 11 is 5.33. The first kappa shape index (κ1) is 12.2. The maximum absolute atomic E-state index is 12.4. The lowest BCUT2D eigenvalue weighted by Gasteiger charge is -2.04. The summed E-state index contributed by atoms with van der Waals surface area (Å²) in [6.45, 7) is 0. The highest BCUT2D eigenvalue weighted by atomic mass is 35.5. The van der Waals surface area contributed by atoms with E-state index >= 15 is 0 Å². The summed E-state index contributed by atoms with van der Waals surface area (Å²) in [5, 5.41) is 18.1. The molecule has 1 aromatic rings. The molecule has 0 aliphatic rings. The second-order valence-electron chi connectivity index (χ2n) is 2.59. The molecule has 0 unspecified atom stereocenters. The van der Waals surface area contributed by atoms with E-state index in [1.54, 1.807) is 0 Å². The summed E-state index contributed by atoms with van der Waals surface area (Å²) in [4.78, 5) is 23.0. The molecule has 0 fully saturated rings. The van der Waals surface area contributed by atoms with Gasteiger partial charge in [0.1, 0.15) is 5.56 Å². The van der Waals surface area contributed by atoms with Crippen LogP contribution in [-0.4, -0.2) is 21.0 Å². The van der Waals surface area contributed by atoms with Crippen LogP contribution >= 0.6 is 11.6 Å². The van der Waals surface area contributed by atoms with E-state index in [4.69, 9.17) is 16.7 Å². The highest BCUT2D eigenvalue weighted by Gasteiger charge is 2.30. The van der Waals surface area contributed by atoms with Crippen molar-refractivity contribution in [2.75, 3.05) is 0 Å². The van der Waals surface area contributed by atoms with Gasteiger partial charge in [0.05, 0.1) is 4.92 Å². The number of carboxylic acids is 1. The molecule has 1 N–H and O–H groups in total. The van der Waals surface area contributed by atoms with E-state index in [2.05, 4.69) is 4.98 Å². The van der Waals surface area contributed by atoms with Crippen LogP contribution in [0.2, 0.25) is 5.02 Å². The summed E-state index contributed by atoms with van der Waals surface area (Å²) in [5.74, 6) is -1.63. The van der Waals surface area contributed by atoms with Crippen LogP contribution in [0.4, 0.5) is 14.5 Å². The number of carbonyl (C=O) groups is 1. The third-order valence-electron chi connectivity index (χ3n) is 1.64. The zero-order chi connectivity index (χ0) is 12.5. The van der Waals surface area contributed by atoms with Crippen molar-refractivity contribution in [2.24, 2.45) is 0 Å². The molecular weight excluding hydrogens is 250 g/mol. The predicted molar refractivity (Wildman–Crippen MR) is 47.8 cm³/mol. The molecule has 0 amide bonds. The van der Waals surface area contributed by atoms with Gasteiger partial charge in [-0.05, 0) is 0 Å². The first-order valence-corrected chi connectivity index (χ1v) is 4.08. The van der Waals surface area contributed by atoms with Crippen LogP contribution in [0.25, 0.3) is 0 Å². The molecule has 0 aromatic carbocycles. The molecule has 0 radical (unpaired) electrons. The number of rotatable bonds is 3. The fraction of sp³-hybridized carbons (Fsp3) is 0.143. The SMILES string of the molecule is O=C(O)c1ncc(C(F)F)c([N+](=O)[O-])c1Cl. The standard InChI is InChI=1S/C7H3ClF2N2O4/c8-3-4(7(13)14)11-1-2(6(9)10)5(3)12(15)16/h1,6H,(H,13,14). The van der Waals surface area contributed by atoms with Crippen LogP contribution in [-0.2, 0) is 0 Å². The molecule has 0 spiro atoms. The summed E-state index contributed by atoms with van der Waals surface area (Å²) in [6.07, 6.45) is -2.73. The number of alkyl halides is 2. The van der Waals surface area contributed by atoms with Crippen LogP contribution in [0.15, 0.2) is 6.20 Å². The quantitative estimate of drug-likeness (QED) is 0.658. The van der Waals surface area contributed by atoms with E-state index in [1.807, 2.05) is 0 Å². The molecule has 0 bridgehead atoms. The monoisotopic (exact) mass is 252 g/mol. The molecule has 9 heteroatoms. The highest BCUT2D eigenvalue weighted by Crippen LogP contribution is 2.35. The van der Waals surface area contributed by atoms with Crippen molar-refractivity contribution in [3.8, 4) is 0 Å². The Morgan fingerprint density at radius 1 is 1.62 bits per heavy atom. The number of nitrogens with zero attached hydrogens (tertiary/aromatic N) is 2. The number of halogens is 3. The minimum absolute atomic E-state index is 0.429. The van der Waals surface area contributed by atoms with Gasteiger partial charge in [0.2, 0.25) is 0 Å². The van der Waals surface area contributed by atoms with Gasteiger partial charge in [-0.2, -0.15) is 0 Å². The minimum atomic E-state index is -3.16. The average molecular weight is 253 g/mol. The molecule has 0 saturated carbocycles. The summed E-state index contributed by atoms with van der Waals surface area (Å²) in [6, 6.07) is 0. The molecule has 0 saturated heterocycles. The zero-order valence-corrected chi connectivity index (χ0v) is 8.11. The highest BCUT2D eigenvalue weighted by molar-refractivity contribution is 6.35. The van der Waals surface area contributed by atoms with Crippen LogP contribution < -0.4 is 0 Å². The average Bonchev–Trinajstić information content (AvgIpc) is 2.15. The third kappa shape index (κ3) is 2.06. The van der Waals surface area contributed by atoms with Gasteiger partial charge in [0.25, 0.3) is 6.43 Å². The lowest BCUT2D eigenvalue weighted by molar-refractivity contribution is -0.386. The number of aromatic nitrogens is 1. The number of nitro groups is 1. The van der Waals surface area contributed by atoms with E-state index in [0.29, 0.717) is 6.20 Å². The smallest absolute Gasteiger partial charge is 0.356 e. The second-order valence-corrected chi connectivity index (χ2v) is 2.97. The van der Waals surface area contributed by atoms with Gasteiger partial charge < -0.3 is 5.11 Å². The Morgan fingerprint density at radius 2 is 2.19 bits per heavy atom. The summed E-state index contributed by atoms with van der Waals surface area (Å²) in [5.41, 5.74) is -2.98. The van der Waals surface area contributed by atoms with Gasteiger partial charge in [0, 0.05) is 6.20 Å². The van der Waals surface area contributed by atoms with Crippen molar-refractivity contribution in [1.82, 2.24) is 4.98 Å². The van der Waals surface area contributed by atoms with Crippen molar-refractivity contribution in [1.29, 1.82) is 0 Å². The number of hydrogen-bond donors (Lipinski definition) is 1. The first-order valence-electron chi connectivity index (χ1n) is 3.70. The normalized spacial score (nSPS) is 10.5. The third-order valence-corrected chi connectivity index (χ3v) is 2.00. The Labute approximate surface area is 91.6 Å². The Kier molecular flexibility index (Phi) is 3.33. The Hall–Kier alpha value is -1.83. The van der Waals surface area contributed by atoms with E-state index in [9.17, 15) is 23.7 Å². The fourth-order valence-electron chi connectivity index (χ4n) is 0.985. The Bertz CT molecular complexity index is 466. The number of aromatic carboxylic acids is 1. The zero-order valence-electron chi connectivity index (χ0n) is 7.35. The largest absolute Gasteiger partial charge is 0.476 e.